The maximum absolute atomic E-state index is 12.7. The summed E-state index contributed by atoms with van der Waals surface area (Å²) in [6, 6.07) is 17.3. The number of carbonyl (C=O) groups excluding carboxylic acids is 1. The summed E-state index contributed by atoms with van der Waals surface area (Å²) in [7, 11) is 0. The second-order valence-electron chi connectivity index (χ2n) is 6.17. The van der Waals surface area contributed by atoms with Gasteiger partial charge in [0.05, 0.1) is 16.6 Å². The molecule has 0 saturated heterocycles. The Morgan fingerprint density at radius 2 is 1.86 bits per heavy atom. The van der Waals surface area contributed by atoms with Crippen molar-refractivity contribution >= 4 is 34.1 Å². The van der Waals surface area contributed by atoms with Crippen LogP contribution in [0.15, 0.2) is 60.2 Å². The number of hydrogen-bond donors (Lipinski definition) is 1. The molecule has 0 aliphatic carbocycles. The van der Waals surface area contributed by atoms with Gasteiger partial charge in [-0.15, -0.1) is 0 Å². The number of anilines is 1. The Labute approximate surface area is 164 Å². The van der Waals surface area contributed by atoms with Gasteiger partial charge in [-0.3, -0.25) is 14.9 Å². The average molecular weight is 387 g/mol. The smallest absolute Gasteiger partial charge is 0.280 e. The molecule has 8 heteroatoms. The van der Waals surface area contributed by atoms with E-state index in [1.165, 1.54) is 18.2 Å². The zero-order valence-corrected chi connectivity index (χ0v) is 14.9. The molecule has 1 amide bonds. The molecule has 0 atom stereocenters. The van der Waals surface area contributed by atoms with Crippen LogP contribution < -0.4 is 14.8 Å². The standard InChI is InChI=1S/C21H13N3O5/c22-11-15(8-14-9-19-20(29-12-28-19)10-18(14)24(26)27)21(25)23-17-7-3-5-13-4-1-2-6-16(13)17/h1-10H,12H2,(H,23,25). The molecule has 3 aromatic rings. The lowest BCUT2D eigenvalue weighted by atomic mass is 10.1. The Morgan fingerprint density at radius 3 is 2.62 bits per heavy atom. The first kappa shape index (κ1) is 18.0. The van der Waals surface area contributed by atoms with Gasteiger partial charge in [-0.2, -0.15) is 5.26 Å². The van der Waals surface area contributed by atoms with Crippen LogP contribution in [0.2, 0.25) is 0 Å². The van der Waals surface area contributed by atoms with Crippen molar-refractivity contribution < 1.29 is 19.2 Å². The molecular formula is C21H13N3O5. The summed E-state index contributed by atoms with van der Waals surface area (Å²) in [5.41, 5.74) is 0.0400. The molecule has 1 N–H and O–H groups in total. The third-order valence-corrected chi connectivity index (χ3v) is 4.42. The minimum Gasteiger partial charge on any atom is -0.454 e. The molecule has 0 aromatic heterocycles. The summed E-state index contributed by atoms with van der Waals surface area (Å²) in [6.45, 7) is -0.0493. The summed E-state index contributed by atoms with van der Waals surface area (Å²) < 4.78 is 10.4. The maximum atomic E-state index is 12.7. The topological polar surface area (TPSA) is 114 Å². The highest BCUT2D eigenvalue weighted by molar-refractivity contribution is 6.13. The normalized spacial score (nSPS) is 12.4. The zero-order valence-electron chi connectivity index (χ0n) is 14.9. The van der Waals surface area contributed by atoms with E-state index in [9.17, 15) is 20.2 Å². The number of nitrogens with one attached hydrogen (secondary N) is 1. The lowest BCUT2D eigenvalue weighted by molar-refractivity contribution is -0.385. The fourth-order valence-electron chi connectivity index (χ4n) is 3.05. The molecule has 1 aliphatic rings. The van der Waals surface area contributed by atoms with E-state index in [1.54, 1.807) is 18.2 Å². The third-order valence-electron chi connectivity index (χ3n) is 4.42. The zero-order chi connectivity index (χ0) is 20.4. The molecule has 4 rings (SSSR count). The van der Waals surface area contributed by atoms with Gasteiger partial charge in [0.15, 0.2) is 11.5 Å². The van der Waals surface area contributed by atoms with E-state index in [0.29, 0.717) is 11.4 Å². The molecule has 3 aromatic carbocycles. The van der Waals surface area contributed by atoms with Crippen LogP contribution in [0.3, 0.4) is 0 Å². The van der Waals surface area contributed by atoms with Gasteiger partial charge in [0.2, 0.25) is 6.79 Å². The number of carbonyl (C=O) groups is 1. The summed E-state index contributed by atoms with van der Waals surface area (Å²) >= 11 is 0. The lowest BCUT2D eigenvalue weighted by Crippen LogP contribution is -2.13. The van der Waals surface area contributed by atoms with E-state index in [0.717, 1.165) is 10.8 Å². The van der Waals surface area contributed by atoms with Gasteiger partial charge in [0.1, 0.15) is 11.6 Å². The molecule has 29 heavy (non-hydrogen) atoms. The number of nitriles is 1. The lowest BCUT2D eigenvalue weighted by Gasteiger charge is -2.08. The van der Waals surface area contributed by atoms with Crippen LogP contribution >= 0.6 is 0 Å². The first-order chi connectivity index (χ1) is 14.1. The van der Waals surface area contributed by atoms with Crippen LogP contribution in [0.5, 0.6) is 11.5 Å². The summed E-state index contributed by atoms with van der Waals surface area (Å²) in [5.74, 6) is -0.114. The molecule has 0 saturated carbocycles. The number of benzene rings is 3. The van der Waals surface area contributed by atoms with E-state index < -0.39 is 10.8 Å². The second kappa shape index (κ2) is 7.32. The van der Waals surface area contributed by atoms with Crippen LogP contribution in [0.4, 0.5) is 11.4 Å². The number of rotatable bonds is 4. The highest BCUT2D eigenvalue weighted by Gasteiger charge is 2.23. The molecule has 1 aliphatic heterocycles. The van der Waals surface area contributed by atoms with Crippen molar-refractivity contribution in [3.05, 3.63) is 75.8 Å². The van der Waals surface area contributed by atoms with E-state index in [1.807, 2.05) is 30.3 Å². The SMILES string of the molecule is N#CC(=Cc1cc2c(cc1[N+](=O)[O-])OCO2)C(=O)Nc1cccc2ccccc12. The van der Waals surface area contributed by atoms with Gasteiger partial charge < -0.3 is 14.8 Å². The molecule has 0 fully saturated rings. The van der Waals surface area contributed by atoms with E-state index >= 15 is 0 Å². The largest absolute Gasteiger partial charge is 0.454 e. The number of nitrogens with zero attached hydrogens (tertiary/aromatic N) is 2. The van der Waals surface area contributed by atoms with Gasteiger partial charge in [0, 0.05) is 11.1 Å². The maximum Gasteiger partial charge on any atom is 0.280 e. The van der Waals surface area contributed by atoms with Gasteiger partial charge in [-0.25, -0.2) is 0 Å². The number of nitro benzene ring substituents is 1. The Morgan fingerprint density at radius 1 is 1.14 bits per heavy atom. The predicted molar refractivity (Wildman–Crippen MR) is 105 cm³/mol. The van der Waals surface area contributed by atoms with E-state index in [-0.39, 0.29) is 29.4 Å². The molecule has 0 spiro atoms. The fraction of sp³-hybridized carbons (Fsp3) is 0.0476. The first-order valence-electron chi connectivity index (χ1n) is 8.56. The minimum atomic E-state index is -0.671. The Kier molecular flexibility index (Phi) is 4.55. The van der Waals surface area contributed by atoms with E-state index in [4.69, 9.17) is 9.47 Å². The summed E-state index contributed by atoms with van der Waals surface area (Å²) in [6.07, 6.45) is 1.17. The van der Waals surface area contributed by atoms with Gasteiger partial charge in [0.25, 0.3) is 11.6 Å². The Balaban J connectivity index is 1.70. The van der Waals surface area contributed by atoms with Crippen LogP contribution in [0.1, 0.15) is 5.56 Å². The number of ether oxygens (including phenoxy) is 2. The van der Waals surface area contributed by atoms with Crippen LogP contribution in [-0.4, -0.2) is 17.6 Å². The third kappa shape index (κ3) is 3.44. The van der Waals surface area contributed by atoms with Crippen LogP contribution in [-0.2, 0) is 4.79 Å². The van der Waals surface area contributed by atoms with Crippen molar-refractivity contribution in [2.45, 2.75) is 0 Å². The van der Waals surface area contributed by atoms with Crippen molar-refractivity contribution in [1.82, 2.24) is 0 Å². The van der Waals surface area contributed by atoms with Gasteiger partial charge in [-0.1, -0.05) is 36.4 Å². The van der Waals surface area contributed by atoms with E-state index in [2.05, 4.69) is 5.32 Å². The Bertz CT molecular complexity index is 1220. The number of amides is 1. The molecular weight excluding hydrogens is 374 g/mol. The molecule has 8 nitrogen and oxygen atoms in total. The quantitative estimate of drug-likeness (QED) is 0.313. The van der Waals surface area contributed by atoms with Gasteiger partial charge in [-0.05, 0) is 23.6 Å². The molecule has 1 heterocycles. The predicted octanol–water partition coefficient (Wildman–Crippen LogP) is 4.02. The Hall–Kier alpha value is -4.38. The number of hydrogen-bond acceptors (Lipinski definition) is 6. The molecule has 0 bridgehead atoms. The first-order valence-corrected chi connectivity index (χ1v) is 8.56. The fourth-order valence-corrected chi connectivity index (χ4v) is 3.05. The monoisotopic (exact) mass is 387 g/mol. The minimum absolute atomic E-state index is 0.0493. The van der Waals surface area contributed by atoms with Crippen molar-refractivity contribution in [3.8, 4) is 17.6 Å². The highest BCUT2D eigenvalue weighted by Crippen LogP contribution is 2.38. The number of fused-ring (bicyclic) bond motifs is 2. The second-order valence-corrected chi connectivity index (χ2v) is 6.17. The molecule has 0 radical (unpaired) electrons. The number of nitro groups is 1. The van der Waals surface area contributed by atoms with Crippen LogP contribution in [0, 0.1) is 21.4 Å². The highest BCUT2D eigenvalue weighted by atomic mass is 16.7. The summed E-state index contributed by atoms with van der Waals surface area (Å²) in [5, 5.41) is 25.3. The summed E-state index contributed by atoms with van der Waals surface area (Å²) in [4.78, 5) is 23.5. The van der Waals surface area contributed by atoms with Gasteiger partial charge >= 0.3 is 0 Å². The average Bonchev–Trinajstić information content (AvgIpc) is 3.19. The van der Waals surface area contributed by atoms with Crippen molar-refractivity contribution in [3.63, 3.8) is 0 Å². The van der Waals surface area contributed by atoms with Crippen molar-refractivity contribution in [2.24, 2.45) is 0 Å². The van der Waals surface area contributed by atoms with Crippen molar-refractivity contribution in [2.75, 3.05) is 12.1 Å². The molecule has 142 valence electrons. The van der Waals surface area contributed by atoms with Crippen LogP contribution in [0.25, 0.3) is 16.8 Å². The molecule has 0 unspecified atom stereocenters. The van der Waals surface area contributed by atoms with Crippen molar-refractivity contribution in [1.29, 1.82) is 5.26 Å².